The summed E-state index contributed by atoms with van der Waals surface area (Å²) in [5, 5.41) is 7.54. The molecular formula is C3H5Cl2FO2. The van der Waals surface area contributed by atoms with Crippen LogP contribution in [0.1, 0.15) is 0 Å². The fourth-order valence-corrected chi connectivity index (χ4v) is 0. The van der Waals surface area contributed by atoms with E-state index in [2.05, 4.69) is 0 Å². The monoisotopic (exact) mass is 162 g/mol. The van der Waals surface area contributed by atoms with Crippen molar-refractivity contribution in [2.45, 2.75) is 0 Å². The molecule has 8 heavy (non-hydrogen) atoms. The van der Waals surface area contributed by atoms with Crippen molar-refractivity contribution in [1.82, 2.24) is 0 Å². The highest BCUT2D eigenvalue weighted by atomic mass is 35.5. The van der Waals surface area contributed by atoms with E-state index in [1.165, 1.54) is 0 Å². The van der Waals surface area contributed by atoms with Gasteiger partial charge in [0.15, 0.2) is 6.67 Å². The van der Waals surface area contributed by atoms with E-state index in [1.54, 1.807) is 0 Å². The van der Waals surface area contributed by atoms with Crippen molar-refractivity contribution < 1.29 is 14.3 Å². The Bertz CT molecular complexity index is 59.2. The van der Waals surface area contributed by atoms with Gasteiger partial charge >= 0.3 is 5.97 Å². The third kappa shape index (κ3) is 37.8. The Morgan fingerprint density at radius 1 is 1.62 bits per heavy atom. The van der Waals surface area contributed by atoms with Gasteiger partial charge in [-0.3, -0.25) is 0 Å². The zero-order valence-electron chi connectivity index (χ0n) is 3.90. The minimum absolute atomic E-state index is 0.194. The van der Waals surface area contributed by atoms with Gasteiger partial charge in [-0.05, 0) is 0 Å². The Kier molecular flexibility index (Phi) is 13.7. The van der Waals surface area contributed by atoms with E-state index in [0.29, 0.717) is 0 Å². The van der Waals surface area contributed by atoms with Crippen LogP contribution in [0.4, 0.5) is 4.39 Å². The van der Waals surface area contributed by atoms with Gasteiger partial charge in [-0.15, -0.1) is 23.2 Å². The zero-order chi connectivity index (χ0) is 6.99. The maximum absolute atomic E-state index is 10.5. The number of aliphatic carboxylic acids is 1. The predicted octanol–water partition coefficient (Wildman–Crippen LogP) is 1.46. The molecule has 1 N–H and O–H groups in total. The third-order valence-corrected chi connectivity index (χ3v) is 0.114. The number of alkyl halides is 3. The highest BCUT2D eigenvalue weighted by Crippen LogP contribution is 1.73. The summed E-state index contributed by atoms with van der Waals surface area (Å²) in [5.41, 5.74) is 0. The first-order chi connectivity index (χ1) is 3.68. The molecule has 0 aliphatic carbocycles. The number of carboxylic acids is 1. The second-order valence-electron chi connectivity index (χ2n) is 0.628. The fourth-order valence-electron chi connectivity index (χ4n) is 0. The smallest absolute Gasteiger partial charge is 0.335 e. The number of hydrogen-bond donors (Lipinski definition) is 1. The van der Waals surface area contributed by atoms with Crippen LogP contribution in [0.3, 0.4) is 0 Å². The summed E-state index contributed by atoms with van der Waals surface area (Å²) in [4.78, 5) is 8.99. The Morgan fingerprint density at radius 3 is 1.75 bits per heavy atom. The van der Waals surface area contributed by atoms with Crippen molar-refractivity contribution in [2.75, 3.05) is 12.0 Å². The van der Waals surface area contributed by atoms with Gasteiger partial charge in [0.2, 0.25) is 0 Å². The maximum Gasteiger partial charge on any atom is 0.335 e. The fraction of sp³-hybridized carbons (Fsp3) is 0.667. The largest absolute Gasteiger partial charge is 0.479 e. The van der Waals surface area contributed by atoms with Crippen molar-refractivity contribution in [1.29, 1.82) is 0 Å². The van der Waals surface area contributed by atoms with Gasteiger partial charge in [0.1, 0.15) is 0 Å². The molecular weight excluding hydrogens is 158 g/mol. The van der Waals surface area contributed by atoms with Crippen LogP contribution in [0.25, 0.3) is 0 Å². The molecule has 0 saturated carbocycles. The molecule has 0 aromatic heterocycles. The van der Waals surface area contributed by atoms with Crippen LogP contribution >= 0.6 is 23.2 Å². The zero-order valence-corrected chi connectivity index (χ0v) is 5.42. The number of carboxylic acid groups (broad SMARTS) is 1. The summed E-state index contributed by atoms with van der Waals surface area (Å²) < 4.78 is 10.5. The number of rotatable bonds is 1. The average molecular weight is 163 g/mol. The second-order valence-corrected chi connectivity index (χ2v) is 1.44. The van der Waals surface area contributed by atoms with Crippen LogP contribution in [0.15, 0.2) is 0 Å². The van der Waals surface area contributed by atoms with Crippen LogP contribution in [-0.4, -0.2) is 23.1 Å². The molecule has 50 valence electrons. The summed E-state index contributed by atoms with van der Waals surface area (Å²) in [7, 11) is 0. The van der Waals surface area contributed by atoms with Crippen LogP contribution in [0.2, 0.25) is 0 Å². The van der Waals surface area contributed by atoms with Crippen LogP contribution in [0.5, 0.6) is 0 Å². The molecule has 0 heterocycles. The van der Waals surface area contributed by atoms with Crippen molar-refractivity contribution in [3.8, 4) is 0 Å². The molecule has 0 atom stereocenters. The summed E-state index contributed by atoms with van der Waals surface area (Å²) >= 11 is 9.53. The Balaban J connectivity index is 0. The lowest BCUT2D eigenvalue weighted by molar-refractivity contribution is -0.137. The first kappa shape index (κ1) is 10.9. The highest BCUT2D eigenvalue weighted by molar-refractivity contribution is 6.40. The normalized spacial score (nSPS) is 6.88. The molecule has 0 bridgehead atoms. The van der Waals surface area contributed by atoms with E-state index >= 15 is 0 Å². The van der Waals surface area contributed by atoms with Crippen molar-refractivity contribution >= 4 is 29.2 Å². The summed E-state index contributed by atoms with van der Waals surface area (Å²) in [6, 6.07) is 0. The lowest BCUT2D eigenvalue weighted by Gasteiger charge is -1.69. The van der Waals surface area contributed by atoms with Gasteiger partial charge in [-0.1, -0.05) is 0 Å². The Hall–Kier alpha value is -0.0200. The molecule has 5 heteroatoms. The predicted molar refractivity (Wildman–Crippen MR) is 30.2 cm³/mol. The first-order valence-electron chi connectivity index (χ1n) is 1.58. The molecule has 0 spiro atoms. The number of carbonyl (C=O) groups is 1. The minimum atomic E-state index is -1.41. The molecule has 0 aromatic rings. The molecule has 0 aliphatic heterocycles. The average Bonchev–Trinajstić information content (AvgIpc) is 1.69. The summed E-state index contributed by atoms with van der Waals surface area (Å²) in [5.74, 6) is -1.41. The van der Waals surface area contributed by atoms with Gasteiger partial charge in [0.05, 0.1) is 5.34 Å². The van der Waals surface area contributed by atoms with Crippen molar-refractivity contribution in [3.05, 3.63) is 0 Å². The summed E-state index contributed by atoms with van der Waals surface area (Å²) in [6.45, 7) is -1.28. The molecule has 0 aromatic carbocycles. The van der Waals surface area contributed by atoms with E-state index in [0.717, 1.165) is 0 Å². The van der Waals surface area contributed by atoms with E-state index in [-0.39, 0.29) is 5.34 Å². The molecule has 0 radical (unpaired) electrons. The van der Waals surface area contributed by atoms with Crippen molar-refractivity contribution in [3.63, 3.8) is 0 Å². The Labute approximate surface area is 56.2 Å². The first-order valence-corrected chi connectivity index (χ1v) is 2.65. The third-order valence-electron chi connectivity index (χ3n) is 0.114. The molecule has 0 saturated heterocycles. The molecule has 2 nitrogen and oxygen atoms in total. The van der Waals surface area contributed by atoms with Crippen LogP contribution < -0.4 is 0 Å². The summed E-state index contributed by atoms with van der Waals surface area (Å²) in [6.07, 6.45) is 0. The molecule has 0 rings (SSSR count). The highest BCUT2D eigenvalue weighted by Gasteiger charge is 1.85. The van der Waals surface area contributed by atoms with E-state index in [1.807, 2.05) is 0 Å². The molecule has 0 unspecified atom stereocenters. The van der Waals surface area contributed by atoms with Gasteiger partial charge in [0, 0.05) is 0 Å². The van der Waals surface area contributed by atoms with Crippen LogP contribution in [-0.2, 0) is 4.79 Å². The van der Waals surface area contributed by atoms with Gasteiger partial charge < -0.3 is 5.11 Å². The van der Waals surface area contributed by atoms with Gasteiger partial charge in [-0.25, -0.2) is 9.18 Å². The van der Waals surface area contributed by atoms with Crippen LogP contribution in [0, 0.1) is 0 Å². The van der Waals surface area contributed by atoms with E-state index in [4.69, 9.17) is 33.1 Å². The lowest BCUT2D eigenvalue weighted by atomic mass is 10.8. The standard InChI is InChI=1S/C2H3FO2.CH2Cl2/c3-1-2(4)5;2-1-3/h1H2,(H,4,5);1H2. The minimum Gasteiger partial charge on any atom is -0.479 e. The second kappa shape index (κ2) is 10.1. The quantitative estimate of drug-likeness (QED) is 0.594. The molecule has 0 aliphatic rings. The lowest BCUT2D eigenvalue weighted by Crippen LogP contribution is -1.93. The molecule has 0 amide bonds. The van der Waals surface area contributed by atoms with E-state index < -0.39 is 12.6 Å². The SMILES string of the molecule is ClCCl.O=C(O)CF. The van der Waals surface area contributed by atoms with Gasteiger partial charge in [0.25, 0.3) is 0 Å². The van der Waals surface area contributed by atoms with Gasteiger partial charge in [-0.2, -0.15) is 0 Å². The maximum atomic E-state index is 10.5. The van der Waals surface area contributed by atoms with E-state index in [9.17, 15) is 4.39 Å². The Morgan fingerprint density at radius 2 is 1.75 bits per heavy atom. The molecule has 0 fully saturated rings. The number of hydrogen-bond acceptors (Lipinski definition) is 1. The topological polar surface area (TPSA) is 37.3 Å². The van der Waals surface area contributed by atoms with Crippen molar-refractivity contribution in [2.24, 2.45) is 0 Å². The number of halogens is 3.